The lowest BCUT2D eigenvalue weighted by atomic mass is 10.0. The molecule has 2 aromatic carbocycles. The number of rotatable bonds is 5. The van der Waals surface area contributed by atoms with Crippen LogP contribution in [0.4, 0.5) is 5.69 Å². The van der Waals surface area contributed by atoms with Crippen LogP contribution in [0.3, 0.4) is 0 Å². The Labute approximate surface area is 125 Å². The fourth-order valence-corrected chi connectivity index (χ4v) is 2.16. The van der Waals surface area contributed by atoms with Gasteiger partial charge in [-0.2, -0.15) is 0 Å². The van der Waals surface area contributed by atoms with Gasteiger partial charge in [-0.25, -0.2) is 0 Å². The largest absolute Gasteiger partial charge is 0.409 e. The van der Waals surface area contributed by atoms with Gasteiger partial charge < -0.3 is 16.3 Å². The lowest BCUT2D eigenvalue weighted by molar-refractivity contribution is 0.318. The van der Waals surface area contributed by atoms with Gasteiger partial charge in [-0.05, 0) is 29.2 Å². The van der Waals surface area contributed by atoms with Gasteiger partial charge in [0.25, 0.3) is 0 Å². The molecule has 4 nitrogen and oxygen atoms in total. The second-order valence-electron chi connectivity index (χ2n) is 5.27. The molecule has 0 radical (unpaired) electrons. The van der Waals surface area contributed by atoms with Gasteiger partial charge in [0.15, 0.2) is 5.84 Å². The highest BCUT2D eigenvalue weighted by molar-refractivity contribution is 5.98. The van der Waals surface area contributed by atoms with E-state index in [1.165, 1.54) is 5.56 Å². The predicted octanol–water partition coefficient (Wildman–Crippen LogP) is 3.52. The van der Waals surface area contributed by atoms with Crippen molar-refractivity contribution in [2.24, 2.45) is 10.9 Å². The van der Waals surface area contributed by atoms with Crippen LogP contribution in [-0.4, -0.2) is 11.0 Å². The number of nitrogens with two attached hydrogens (primary N) is 1. The molecule has 0 spiro atoms. The number of hydrogen-bond donors (Lipinski definition) is 3. The van der Waals surface area contributed by atoms with Crippen LogP contribution in [0.1, 0.15) is 36.5 Å². The molecule has 0 saturated heterocycles. The van der Waals surface area contributed by atoms with Crippen molar-refractivity contribution in [3.05, 3.63) is 65.2 Å². The molecule has 110 valence electrons. The molecule has 0 aliphatic heterocycles. The summed E-state index contributed by atoms with van der Waals surface area (Å²) in [5.41, 5.74) is 9.79. The first-order chi connectivity index (χ1) is 10.1. The van der Waals surface area contributed by atoms with Crippen LogP contribution < -0.4 is 11.1 Å². The van der Waals surface area contributed by atoms with Crippen molar-refractivity contribution in [1.29, 1.82) is 0 Å². The molecule has 0 saturated carbocycles. The summed E-state index contributed by atoms with van der Waals surface area (Å²) in [5.74, 6) is 0.655. The van der Waals surface area contributed by atoms with Gasteiger partial charge in [0.1, 0.15) is 0 Å². The van der Waals surface area contributed by atoms with E-state index in [4.69, 9.17) is 10.9 Å². The summed E-state index contributed by atoms with van der Waals surface area (Å²) in [5, 5.41) is 15.2. The lowest BCUT2D eigenvalue weighted by Gasteiger charge is -2.12. The predicted molar refractivity (Wildman–Crippen MR) is 86.8 cm³/mol. The summed E-state index contributed by atoms with van der Waals surface area (Å²) in [6, 6.07) is 16.0. The Kier molecular flexibility index (Phi) is 4.82. The first kappa shape index (κ1) is 14.9. The third-order valence-corrected chi connectivity index (χ3v) is 3.46. The molecule has 2 aromatic rings. The quantitative estimate of drug-likeness (QED) is 0.340. The van der Waals surface area contributed by atoms with Gasteiger partial charge in [-0.1, -0.05) is 55.4 Å². The Balaban J connectivity index is 2.10. The van der Waals surface area contributed by atoms with Gasteiger partial charge in [-0.3, -0.25) is 0 Å². The number of oxime groups is 1. The average molecular weight is 283 g/mol. The molecule has 2 rings (SSSR count). The van der Waals surface area contributed by atoms with E-state index in [2.05, 4.69) is 48.6 Å². The Morgan fingerprint density at radius 2 is 1.81 bits per heavy atom. The Hall–Kier alpha value is -2.49. The fraction of sp³-hybridized carbons (Fsp3) is 0.235. The van der Waals surface area contributed by atoms with E-state index in [0.29, 0.717) is 12.5 Å². The molecule has 0 aliphatic carbocycles. The van der Waals surface area contributed by atoms with Crippen molar-refractivity contribution < 1.29 is 5.21 Å². The van der Waals surface area contributed by atoms with E-state index < -0.39 is 0 Å². The minimum Gasteiger partial charge on any atom is -0.409 e. The van der Waals surface area contributed by atoms with Gasteiger partial charge in [0.2, 0.25) is 0 Å². The van der Waals surface area contributed by atoms with Gasteiger partial charge in [-0.15, -0.1) is 0 Å². The second kappa shape index (κ2) is 6.79. The van der Waals surface area contributed by atoms with Crippen LogP contribution in [0, 0.1) is 0 Å². The summed E-state index contributed by atoms with van der Waals surface area (Å²) < 4.78 is 0. The molecular formula is C17H21N3O. The minimum atomic E-state index is 0.127. The molecule has 0 unspecified atom stereocenters. The molecule has 0 heterocycles. The van der Waals surface area contributed by atoms with E-state index >= 15 is 0 Å². The number of hydrogen-bond acceptors (Lipinski definition) is 3. The minimum absolute atomic E-state index is 0.127. The molecule has 21 heavy (non-hydrogen) atoms. The van der Waals surface area contributed by atoms with Gasteiger partial charge >= 0.3 is 0 Å². The highest BCUT2D eigenvalue weighted by Crippen LogP contribution is 2.18. The van der Waals surface area contributed by atoms with Crippen LogP contribution in [0.5, 0.6) is 0 Å². The maximum atomic E-state index is 8.82. The normalized spacial score (nSPS) is 11.7. The van der Waals surface area contributed by atoms with E-state index in [9.17, 15) is 0 Å². The molecule has 0 amide bonds. The van der Waals surface area contributed by atoms with E-state index in [-0.39, 0.29) is 5.84 Å². The zero-order valence-corrected chi connectivity index (χ0v) is 12.4. The molecule has 0 bridgehead atoms. The Morgan fingerprint density at radius 1 is 1.14 bits per heavy atom. The number of anilines is 1. The third-order valence-electron chi connectivity index (χ3n) is 3.46. The van der Waals surface area contributed by atoms with Crippen molar-refractivity contribution in [1.82, 2.24) is 0 Å². The van der Waals surface area contributed by atoms with E-state index in [1.807, 2.05) is 24.3 Å². The number of amidine groups is 1. The molecular weight excluding hydrogens is 262 g/mol. The summed E-state index contributed by atoms with van der Waals surface area (Å²) in [7, 11) is 0. The standard InChI is InChI=1S/C17H21N3O/c1-12(2)13-7-9-15(10-8-13)19-11-14-5-3-4-6-16(14)17(18)20-21/h3-10,12,19,21H,11H2,1-2H3,(H2,18,20). The Morgan fingerprint density at radius 3 is 2.43 bits per heavy atom. The summed E-state index contributed by atoms with van der Waals surface area (Å²) in [6.45, 7) is 4.97. The maximum absolute atomic E-state index is 8.82. The number of benzene rings is 2. The average Bonchev–Trinajstić information content (AvgIpc) is 2.52. The molecule has 4 N–H and O–H groups in total. The highest BCUT2D eigenvalue weighted by Gasteiger charge is 2.06. The molecule has 0 aliphatic rings. The zero-order chi connectivity index (χ0) is 15.2. The number of nitrogens with one attached hydrogen (secondary N) is 1. The molecule has 0 atom stereocenters. The Bertz CT molecular complexity index is 618. The monoisotopic (exact) mass is 283 g/mol. The molecule has 4 heteroatoms. The lowest BCUT2D eigenvalue weighted by Crippen LogP contribution is -2.16. The van der Waals surface area contributed by atoms with Crippen molar-refractivity contribution in [3.8, 4) is 0 Å². The fourth-order valence-electron chi connectivity index (χ4n) is 2.16. The van der Waals surface area contributed by atoms with Crippen LogP contribution in [0.25, 0.3) is 0 Å². The van der Waals surface area contributed by atoms with Crippen molar-refractivity contribution >= 4 is 11.5 Å². The highest BCUT2D eigenvalue weighted by atomic mass is 16.4. The van der Waals surface area contributed by atoms with E-state index in [0.717, 1.165) is 16.8 Å². The topological polar surface area (TPSA) is 70.6 Å². The third kappa shape index (κ3) is 3.75. The molecule has 0 aromatic heterocycles. The van der Waals surface area contributed by atoms with Crippen molar-refractivity contribution in [2.45, 2.75) is 26.3 Å². The van der Waals surface area contributed by atoms with E-state index in [1.54, 1.807) is 0 Å². The first-order valence-electron chi connectivity index (χ1n) is 7.01. The zero-order valence-electron chi connectivity index (χ0n) is 12.4. The summed E-state index contributed by atoms with van der Waals surface area (Å²) in [6.07, 6.45) is 0. The smallest absolute Gasteiger partial charge is 0.170 e. The first-order valence-corrected chi connectivity index (χ1v) is 7.01. The van der Waals surface area contributed by atoms with Crippen LogP contribution in [0.15, 0.2) is 53.7 Å². The van der Waals surface area contributed by atoms with Crippen LogP contribution >= 0.6 is 0 Å². The van der Waals surface area contributed by atoms with Gasteiger partial charge in [0.05, 0.1) is 0 Å². The van der Waals surface area contributed by atoms with Crippen molar-refractivity contribution in [2.75, 3.05) is 5.32 Å². The van der Waals surface area contributed by atoms with Gasteiger partial charge in [0, 0.05) is 17.8 Å². The SMILES string of the molecule is CC(C)c1ccc(NCc2ccccc2C(N)=NO)cc1. The van der Waals surface area contributed by atoms with Crippen molar-refractivity contribution in [3.63, 3.8) is 0 Å². The molecule has 0 fully saturated rings. The number of nitrogens with zero attached hydrogens (tertiary/aromatic N) is 1. The maximum Gasteiger partial charge on any atom is 0.170 e. The van der Waals surface area contributed by atoms with Crippen LogP contribution in [0.2, 0.25) is 0 Å². The summed E-state index contributed by atoms with van der Waals surface area (Å²) >= 11 is 0. The second-order valence-corrected chi connectivity index (χ2v) is 5.27. The summed E-state index contributed by atoms with van der Waals surface area (Å²) in [4.78, 5) is 0. The van der Waals surface area contributed by atoms with Crippen LogP contribution in [-0.2, 0) is 6.54 Å².